The van der Waals surface area contributed by atoms with Crippen molar-refractivity contribution in [2.75, 3.05) is 26.4 Å². The van der Waals surface area contributed by atoms with E-state index in [9.17, 15) is 19.0 Å². The Bertz CT molecular complexity index is 1650. The van der Waals surface area contributed by atoms with E-state index in [4.69, 9.17) is 24.3 Å². The van der Waals surface area contributed by atoms with Crippen LogP contribution in [0.1, 0.15) is 341 Å². The molecule has 0 heterocycles. The number of hydrogen-bond donors (Lipinski definition) is 2. The molecule has 0 aliphatic rings. The van der Waals surface area contributed by atoms with Crippen molar-refractivity contribution < 1.29 is 37.6 Å². The maximum Gasteiger partial charge on any atom is 0.472 e. The monoisotopic (exact) mass is 1200 g/mol. The Morgan fingerprint density at radius 2 is 0.655 bits per heavy atom. The van der Waals surface area contributed by atoms with Crippen LogP contribution < -0.4 is 5.73 Å². The van der Waals surface area contributed by atoms with Gasteiger partial charge >= 0.3 is 19.8 Å². The number of nitrogens with two attached hydrogens (primary N) is 1. The smallest absolute Gasteiger partial charge is 0.462 e. The Kier molecular flexibility index (Phi) is 67.0. The largest absolute Gasteiger partial charge is 0.472 e. The van der Waals surface area contributed by atoms with Gasteiger partial charge in [0.05, 0.1) is 13.2 Å². The van der Waals surface area contributed by atoms with Gasteiger partial charge in [-0.05, 0) is 70.6 Å². The first-order chi connectivity index (χ1) is 41.3. The molecule has 0 amide bonds. The molecule has 0 aromatic carbocycles. The third-order valence-electron chi connectivity index (χ3n) is 15.5. The zero-order chi connectivity index (χ0) is 60.9. The SMILES string of the molecule is CC/C=C\C/C=C\C/C=C\C/C=C\C/C=C\C/C=C\C/C=C\CCCCCCCC(=O)OC(COC(=O)CCCCCCCCCCCCCCCCCCCCCCCCCCCCCCCCCCCCCC)COP(=O)(O)OCCN. The molecule has 0 spiro atoms. The number of phosphoric ester groups is 1. The van der Waals surface area contributed by atoms with Gasteiger partial charge in [-0.3, -0.25) is 18.6 Å². The van der Waals surface area contributed by atoms with Gasteiger partial charge in [0.1, 0.15) is 6.61 Å². The second kappa shape index (κ2) is 69.3. The number of rotatable bonds is 67. The van der Waals surface area contributed by atoms with Gasteiger partial charge in [-0.15, -0.1) is 0 Å². The summed E-state index contributed by atoms with van der Waals surface area (Å²) in [4.78, 5) is 35.3. The zero-order valence-corrected chi connectivity index (χ0v) is 55.8. The molecule has 0 radical (unpaired) electrons. The van der Waals surface area contributed by atoms with Crippen molar-refractivity contribution in [1.29, 1.82) is 0 Å². The van der Waals surface area contributed by atoms with Crippen LogP contribution in [0, 0.1) is 0 Å². The molecule has 0 fully saturated rings. The summed E-state index contributed by atoms with van der Waals surface area (Å²) in [7, 11) is -4.40. The molecular formula is C74H134NO8P. The lowest BCUT2D eigenvalue weighted by Crippen LogP contribution is -2.29. The molecule has 0 aliphatic heterocycles. The second-order valence-electron chi connectivity index (χ2n) is 23.7. The van der Waals surface area contributed by atoms with E-state index in [2.05, 4.69) is 98.9 Å². The van der Waals surface area contributed by atoms with Crippen molar-refractivity contribution in [2.24, 2.45) is 5.73 Å². The molecule has 3 N–H and O–H groups in total. The summed E-state index contributed by atoms with van der Waals surface area (Å²) in [5.74, 6) is -0.841. The van der Waals surface area contributed by atoms with Crippen molar-refractivity contribution >= 4 is 19.8 Å². The molecule has 0 rings (SSSR count). The summed E-state index contributed by atoms with van der Waals surface area (Å²) < 4.78 is 33.1. The van der Waals surface area contributed by atoms with Crippen LogP contribution in [0.25, 0.3) is 0 Å². The standard InChI is InChI=1S/C74H134NO8P/c1-3-5-7-9-11-13-15-17-19-21-23-25-27-29-31-32-33-34-35-36-37-38-39-41-42-44-46-48-50-52-54-56-58-60-62-64-66-73(76)80-70-72(71-82-84(78,79)81-69-68-75)83-74(77)67-65-63-61-59-57-55-53-51-49-47-45-43-40-30-28-26-24-22-20-18-16-14-12-10-8-6-4-2/h6,8,12,14,18,20,24,26,30,40,45,47,51,53,72H,3-5,7,9-11,13,15-17,19,21-23,25,27-29,31-39,41-44,46,48-50,52,54-71,75H2,1-2H3,(H,78,79)/b8-6-,14-12-,20-18-,26-24-,40-30-,47-45-,53-51-. The maximum absolute atomic E-state index is 12.7. The molecule has 0 aromatic rings. The minimum absolute atomic E-state index is 0.0471. The minimum Gasteiger partial charge on any atom is -0.462 e. The first-order valence-corrected chi connectivity index (χ1v) is 37.1. The Morgan fingerprint density at radius 3 is 0.976 bits per heavy atom. The highest BCUT2D eigenvalue weighted by molar-refractivity contribution is 7.47. The highest BCUT2D eigenvalue weighted by atomic mass is 31.2. The van der Waals surface area contributed by atoms with E-state index in [-0.39, 0.29) is 38.6 Å². The number of phosphoric acid groups is 1. The highest BCUT2D eigenvalue weighted by Gasteiger charge is 2.26. The Hall–Kier alpha value is -2.81. The lowest BCUT2D eigenvalue weighted by Gasteiger charge is -2.19. The summed E-state index contributed by atoms with van der Waals surface area (Å²) in [6, 6.07) is 0. The Labute approximate surface area is 519 Å². The van der Waals surface area contributed by atoms with Crippen LogP contribution >= 0.6 is 7.82 Å². The quantitative estimate of drug-likeness (QED) is 0.0264. The zero-order valence-electron chi connectivity index (χ0n) is 54.9. The second-order valence-corrected chi connectivity index (χ2v) is 25.2. The van der Waals surface area contributed by atoms with Crippen molar-refractivity contribution in [1.82, 2.24) is 0 Å². The van der Waals surface area contributed by atoms with Crippen molar-refractivity contribution in [3.05, 3.63) is 85.1 Å². The van der Waals surface area contributed by atoms with Crippen molar-refractivity contribution in [2.45, 2.75) is 347 Å². The first kappa shape index (κ1) is 81.2. The molecule has 0 saturated heterocycles. The van der Waals surface area contributed by atoms with E-state index < -0.39 is 26.5 Å². The fraction of sp³-hybridized carbons (Fsp3) is 0.784. The summed E-state index contributed by atoms with van der Waals surface area (Å²) in [6.07, 6.45) is 92.7. The van der Waals surface area contributed by atoms with Gasteiger partial charge in [0, 0.05) is 19.4 Å². The molecule has 2 atom stereocenters. The third kappa shape index (κ3) is 68.3. The molecular weight excluding hydrogens is 1060 g/mol. The average Bonchev–Trinajstić information content (AvgIpc) is 3.58. The van der Waals surface area contributed by atoms with E-state index in [1.165, 1.54) is 212 Å². The first-order valence-electron chi connectivity index (χ1n) is 35.6. The number of allylic oxidation sites excluding steroid dienone is 14. The van der Waals surface area contributed by atoms with Gasteiger partial charge in [-0.2, -0.15) is 0 Å². The van der Waals surface area contributed by atoms with Gasteiger partial charge < -0.3 is 20.1 Å². The molecule has 10 heteroatoms. The Morgan fingerprint density at radius 1 is 0.369 bits per heavy atom. The van der Waals surface area contributed by atoms with Gasteiger partial charge in [0.15, 0.2) is 6.10 Å². The summed E-state index contributed by atoms with van der Waals surface area (Å²) >= 11 is 0. The summed E-state index contributed by atoms with van der Waals surface area (Å²) in [6.45, 7) is 3.65. The van der Waals surface area contributed by atoms with Crippen LogP contribution in [0.3, 0.4) is 0 Å². The van der Waals surface area contributed by atoms with Crippen LogP contribution in [0.15, 0.2) is 85.1 Å². The molecule has 0 bridgehead atoms. The molecule has 9 nitrogen and oxygen atoms in total. The van der Waals surface area contributed by atoms with Crippen LogP contribution in [0.4, 0.5) is 0 Å². The van der Waals surface area contributed by atoms with Crippen LogP contribution in [0.5, 0.6) is 0 Å². The molecule has 84 heavy (non-hydrogen) atoms. The van der Waals surface area contributed by atoms with Crippen molar-refractivity contribution in [3.63, 3.8) is 0 Å². The number of hydrogen-bond acceptors (Lipinski definition) is 8. The maximum atomic E-state index is 12.7. The lowest BCUT2D eigenvalue weighted by molar-refractivity contribution is -0.161. The number of carbonyl (C=O) groups is 2. The third-order valence-corrected chi connectivity index (χ3v) is 16.5. The summed E-state index contributed by atoms with van der Waals surface area (Å²) in [5.41, 5.74) is 5.40. The number of carbonyl (C=O) groups excluding carboxylic acids is 2. The number of unbranched alkanes of at least 4 members (excludes halogenated alkanes) is 40. The van der Waals surface area contributed by atoms with E-state index in [0.717, 1.165) is 96.3 Å². The number of esters is 2. The van der Waals surface area contributed by atoms with E-state index >= 15 is 0 Å². The minimum atomic E-state index is -4.40. The van der Waals surface area contributed by atoms with Gasteiger partial charge in [-0.1, -0.05) is 343 Å². The molecule has 2 unspecified atom stereocenters. The lowest BCUT2D eigenvalue weighted by atomic mass is 10.0. The van der Waals surface area contributed by atoms with E-state index in [0.29, 0.717) is 6.42 Å². The van der Waals surface area contributed by atoms with Gasteiger partial charge in [0.2, 0.25) is 0 Å². The highest BCUT2D eigenvalue weighted by Crippen LogP contribution is 2.43. The van der Waals surface area contributed by atoms with Gasteiger partial charge in [0.25, 0.3) is 0 Å². The Balaban J connectivity index is 3.86. The number of ether oxygens (including phenoxy) is 2. The fourth-order valence-electron chi connectivity index (χ4n) is 10.3. The van der Waals surface area contributed by atoms with Gasteiger partial charge in [-0.25, -0.2) is 4.57 Å². The molecule has 488 valence electrons. The summed E-state index contributed by atoms with van der Waals surface area (Å²) in [5, 5.41) is 0. The van der Waals surface area contributed by atoms with E-state index in [1.807, 2.05) is 0 Å². The van der Waals surface area contributed by atoms with Crippen LogP contribution in [0.2, 0.25) is 0 Å². The van der Waals surface area contributed by atoms with Crippen LogP contribution in [-0.4, -0.2) is 49.3 Å². The predicted octanol–water partition coefficient (Wildman–Crippen LogP) is 23.4. The van der Waals surface area contributed by atoms with Crippen molar-refractivity contribution in [3.8, 4) is 0 Å². The molecule has 0 aromatic heterocycles. The fourth-order valence-corrected chi connectivity index (χ4v) is 11.1. The molecule has 0 saturated carbocycles. The average molecular weight is 1200 g/mol. The van der Waals surface area contributed by atoms with Crippen LogP contribution in [-0.2, 0) is 32.7 Å². The normalized spacial score (nSPS) is 13.4. The predicted molar refractivity (Wildman–Crippen MR) is 362 cm³/mol. The topological polar surface area (TPSA) is 134 Å². The van der Waals surface area contributed by atoms with E-state index in [1.54, 1.807) is 0 Å². The molecule has 0 aliphatic carbocycles.